The fourth-order valence-electron chi connectivity index (χ4n) is 6.71. The number of benzene rings is 1. The monoisotopic (exact) mass is 404 g/mol. The van der Waals surface area contributed by atoms with Gasteiger partial charge in [-0.25, -0.2) is 9.78 Å². The molecule has 5 heteroatoms. The molecular weight excluding hydrogens is 376 g/mol. The first kappa shape index (κ1) is 19.3. The lowest BCUT2D eigenvalue weighted by Crippen LogP contribution is -2.51. The molecule has 1 heterocycles. The topological polar surface area (TPSA) is 79.3 Å². The van der Waals surface area contributed by atoms with Gasteiger partial charge in [-0.2, -0.15) is 0 Å². The highest BCUT2D eigenvalue weighted by Crippen LogP contribution is 2.59. The van der Waals surface area contributed by atoms with Crippen LogP contribution in [0.3, 0.4) is 0 Å². The largest absolute Gasteiger partial charge is 0.476 e. The average molecular weight is 405 g/mol. The quantitative estimate of drug-likeness (QED) is 0.757. The zero-order valence-corrected chi connectivity index (χ0v) is 17.4. The van der Waals surface area contributed by atoms with E-state index in [1.165, 1.54) is 44.7 Å². The highest BCUT2D eigenvalue weighted by atomic mass is 16.4. The molecule has 0 radical (unpaired) electrons. The Morgan fingerprint density at radius 2 is 1.77 bits per heavy atom. The molecule has 4 bridgehead atoms. The fraction of sp³-hybridized carbons (Fsp3) is 0.480. The lowest BCUT2D eigenvalue weighted by Gasteiger charge is -2.56. The Labute approximate surface area is 176 Å². The van der Waals surface area contributed by atoms with Gasteiger partial charge in [0.15, 0.2) is 5.69 Å². The number of aromatic nitrogens is 1. The Bertz CT molecular complexity index is 978. The first-order valence-corrected chi connectivity index (χ1v) is 11.0. The van der Waals surface area contributed by atoms with Gasteiger partial charge in [-0.15, -0.1) is 0 Å². The van der Waals surface area contributed by atoms with E-state index >= 15 is 0 Å². The molecule has 30 heavy (non-hydrogen) atoms. The van der Waals surface area contributed by atoms with Crippen molar-refractivity contribution < 1.29 is 14.7 Å². The lowest BCUT2D eigenvalue weighted by atomic mass is 9.49. The van der Waals surface area contributed by atoms with Crippen LogP contribution in [0.2, 0.25) is 0 Å². The molecule has 4 aliphatic rings. The first-order chi connectivity index (χ1) is 14.4. The molecule has 0 atom stereocenters. The molecule has 1 aromatic carbocycles. The van der Waals surface area contributed by atoms with Crippen molar-refractivity contribution in [2.24, 2.45) is 23.2 Å². The van der Waals surface area contributed by atoms with Gasteiger partial charge in [0, 0.05) is 23.9 Å². The number of carbonyl (C=O) groups is 2. The standard InChI is InChI=1S/C25H28N2O3/c1-15-4-5-19(20-3-2-6-26-22(20)24(29)30)10-21(15)23(28)27-14-25-11-16-7-17(12-25)9-18(8-16)13-25/h2-6,10,16-18H,7-9,11-14H2,1H3,(H,27,28)(H,29,30). The number of nitrogens with zero attached hydrogens (tertiary/aromatic N) is 1. The number of nitrogens with one attached hydrogen (secondary N) is 1. The van der Waals surface area contributed by atoms with Crippen molar-refractivity contribution in [3.8, 4) is 11.1 Å². The summed E-state index contributed by atoms with van der Waals surface area (Å²) in [5.41, 5.74) is 3.02. The van der Waals surface area contributed by atoms with E-state index in [0.29, 0.717) is 16.7 Å². The lowest BCUT2D eigenvalue weighted by molar-refractivity contribution is -0.0503. The van der Waals surface area contributed by atoms with Crippen LogP contribution in [0.5, 0.6) is 0 Å². The van der Waals surface area contributed by atoms with Gasteiger partial charge in [-0.05, 0) is 91.9 Å². The molecule has 2 aromatic rings. The van der Waals surface area contributed by atoms with Crippen LogP contribution in [-0.2, 0) is 0 Å². The average Bonchev–Trinajstić information content (AvgIpc) is 2.71. The van der Waals surface area contributed by atoms with Gasteiger partial charge in [0.1, 0.15) is 0 Å². The van der Waals surface area contributed by atoms with E-state index in [-0.39, 0.29) is 17.0 Å². The van der Waals surface area contributed by atoms with Crippen LogP contribution in [0, 0.1) is 30.1 Å². The van der Waals surface area contributed by atoms with Gasteiger partial charge in [0.25, 0.3) is 5.91 Å². The predicted octanol–water partition coefficient (Wildman–Crippen LogP) is 4.70. The molecule has 0 unspecified atom stereocenters. The second-order valence-corrected chi connectivity index (χ2v) is 9.83. The highest BCUT2D eigenvalue weighted by Gasteiger charge is 2.50. The number of carboxylic acids is 1. The predicted molar refractivity (Wildman–Crippen MR) is 114 cm³/mol. The molecule has 4 saturated carbocycles. The van der Waals surface area contributed by atoms with E-state index in [1.54, 1.807) is 18.2 Å². The van der Waals surface area contributed by atoms with Crippen molar-refractivity contribution in [1.29, 1.82) is 0 Å². The van der Waals surface area contributed by atoms with Crippen molar-refractivity contribution in [3.63, 3.8) is 0 Å². The summed E-state index contributed by atoms with van der Waals surface area (Å²) in [5.74, 6) is 1.44. The molecule has 156 valence electrons. The third kappa shape index (κ3) is 3.40. The third-order valence-electron chi connectivity index (χ3n) is 7.59. The Kier molecular flexibility index (Phi) is 4.64. The van der Waals surface area contributed by atoms with E-state index in [1.807, 2.05) is 19.1 Å². The minimum atomic E-state index is -1.07. The van der Waals surface area contributed by atoms with Crippen LogP contribution < -0.4 is 5.32 Å². The summed E-state index contributed by atoms with van der Waals surface area (Å²) in [7, 11) is 0. The smallest absolute Gasteiger partial charge is 0.355 e. The van der Waals surface area contributed by atoms with E-state index in [4.69, 9.17) is 0 Å². The van der Waals surface area contributed by atoms with E-state index < -0.39 is 5.97 Å². The Hall–Kier alpha value is -2.69. The van der Waals surface area contributed by atoms with Crippen molar-refractivity contribution in [3.05, 3.63) is 53.3 Å². The molecule has 4 fully saturated rings. The number of amides is 1. The molecule has 0 spiro atoms. The Morgan fingerprint density at radius 3 is 2.40 bits per heavy atom. The van der Waals surface area contributed by atoms with E-state index in [9.17, 15) is 14.7 Å². The molecule has 2 N–H and O–H groups in total. The van der Waals surface area contributed by atoms with Gasteiger partial charge in [0.2, 0.25) is 0 Å². The number of aromatic carboxylic acids is 1. The summed E-state index contributed by atoms with van der Waals surface area (Å²) >= 11 is 0. The Balaban J connectivity index is 1.37. The summed E-state index contributed by atoms with van der Waals surface area (Å²) in [6.07, 6.45) is 9.43. The maximum atomic E-state index is 13.1. The van der Waals surface area contributed by atoms with Gasteiger partial charge in [-0.1, -0.05) is 18.2 Å². The van der Waals surface area contributed by atoms with Crippen molar-refractivity contribution >= 4 is 11.9 Å². The zero-order chi connectivity index (χ0) is 20.9. The van der Waals surface area contributed by atoms with Crippen LogP contribution >= 0.6 is 0 Å². The van der Waals surface area contributed by atoms with Gasteiger partial charge in [0.05, 0.1) is 0 Å². The summed E-state index contributed by atoms with van der Waals surface area (Å²) in [4.78, 5) is 28.7. The minimum absolute atomic E-state index is 0.00118. The molecule has 0 aliphatic heterocycles. The number of rotatable bonds is 5. The number of hydrogen-bond acceptors (Lipinski definition) is 3. The van der Waals surface area contributed by atoms with Crippen LogP contribution in [0.25, 0.3) is 11.1 Å². The number of aryl methyl sites for hydroxylation is 1. The summed E-state index contributed by atoms with van der Waals surface area (Å²) < 4.78 is 0. The molecule has 4 aliphatic carbocycles. The summed E-state index contributed by atoms with van der Waals surface area (Å²) in [6, 6.07) is 8.99. The van der Waals surface area contributed by atoms with E-state index in [0.717, 1.165) is 29.9 Å². The number of hydrogen-bond donors (Lipinski definition) is 2. The maximum absolute atomic E-state index is 13.1. The van der Waals surface area contributed by atoms with Crippen LogP contribution in [0.15, 0.2) is 36.5 Å². The normalized spacial score (nSPS) is 29.0. The van der Waals surface area contributed by atoms with Gasteiger partial charge >= 0.3 is 5.97 Å². The number of carboxylic acid groups (broad SMARTS) is 1. The second-order valence-electron chi connectivity index (χ2n) is 9.83. The molecule has 1 amide bonds. The van der Waals surface area contributed by atoms with Crippen LogP contribution in [0.4, 0.5) is 0 Å². The minimum Gasteiger partial charge on any atom is -0.476 e. The molecular formula is C25H28N2O3. The number of carbonyl (C=O) groups excluding carboxylic acids is 1. The van der Waals surface area contributed by atoms with Gasteiger partial charge in [-0.3, -0.25) is 4.79 Å². The van der Waals surface area contributed by atoms with E-state index in [2.05, 4.69) is 10.3 Å². The fourth-order valence-corrected chi connectivity index (χ4v) is 6.71. The molecule has 5 nitrogen and oxygen atoms in total. The zero-order valence-electron chi connectivity index (χ0n) is 17.4. The second kappa shape index (κ2) is 7.22. The van der Waals surface area contributed by atoms with Crippen molar-refractivity contribution in [2.75, 3.05) is 6.54 Å². The molecule has 0 saturated heterocycles. The molecule has 1 aromatic heterocycles. The third-order valence-corrected chi connectivity index (χ3v) is 7.59. The number of pyridine rings is 1. The van der Waals surface area contributed by atoms with Crippen LogP contribution in [0.1, 0.15) is 64.9 Å². The SMILES string of the molecule is Cc1ccc(-c2cccnc2C(=O)O)cc1C(=O)NCC12CC3CC(CC(C3)C1)C2. The van der Waals surface area contributed by atoms with Crippen molar-refractivity contribution in [2.45, 2.75) is 45.4 Å². The van der Waals surface area contributed by atoms with Gasteiger partial charge < -0.3 is 10.4 Å². The van der Waals surface area contributed by atoms with Crippen molar-refractivity contribution in [1.82, 2.24) is 10.3 Å². The first-order valence-electron chi connectivity index (χ1n) is 11.0. The Morgan fingerprint density at radius 1 is 1.10 bits per heavy atom. The maximum Gasteiger partial charge on any atom is 0.355 e. The molecule has 6 rings (SSSR count). The summed E-state index contributed by atoms with van der Waals surface area (Å²) in [6.45, 7) is 2.68. The highest BCUT2D eigenvalue weighted by molar-refractivity contribution is 5.98. The summed E-state index contributed by atoms with van der Waals surface area (Å²) in [5, 5.41) is 12.7. The van der Waals surface area contributed by atoms with Crippen LogP contribution in [-0.4, -0.2) is 28.5 Å².